The van der Waals surface area contributed by atoms with Crippen LogP contribution >= 0.6 is 0 Å². The molecule has 0 aromatic heterocycles. The topological polar surface area (TPSA) is 215 Å². The molecule has 0 radical (unpaired) electrons. The predicted molar refractivity (Wildman–Crippen MR) is 203 cm³/mol. The summed E-state index contributed by atoms with van der Waals surface area (Å²) >= 11 is 0. The molecular formula is C37H72N2O17. The Morgan fingerprint density at radius 3 is 1.12 bits per heavy atom. The molecule has 3 N–H and O–H groups in total. The molecule has 0 saturated carbocycles. The molecule has 0 saturated heterocycles. The zero-order valence-corrected chi connectivity index (χ0v) is 34.4. The van der Waals surface area contributed by atoms with Crippen molar-refractivity contribution in [2.24, 2.45) is 0 Å². The molecule has 0 aliphatic rings. The lowest BCUT2D eigenvalue weighted by molar-refractivity contribution is -0.139. The predicted octanol–water partition coefficient (Wildman–Crippen LogP) is 1.47. The average molecular weight is 817 g/mol. The molecule has 19 nitrogen and oxygen atoms in total. The maximum atomic E-state index is 12.0. The third-order valence-corrected chi connectivity index (χ3v) is 6.86. The van der Waals surface area contributed by atoms with Gasteiger partial charge in [0.05, 0.1) is 152 Å². The first-order valence-electron chi connectivity index (χ1n) is 19.5. The molecule has 0 aliphatic carbocycles. The van der Waals surface area contributed by atoms with Crippen LogP contribution in [0.15, 0.2) is 0 Å². The van der Waals surface area contributed by atoms with Crippen LogP contribution in [0.5, 0.6) is 0 Å². The fourth-order valence-corrected chi connectivity index (χ4v) is 4.11. The minimum atomic E-state index is -1.14. The maximum Gasteiger partial charge on any atom is 0.408 e. The fraction of sp³-hybridized carbons (Fsp3) is 0.919. The molecule has 332 valence electrons. The van der Waals surface area contributed by atoms with Crippen molar-refractivity contribution in [2.45, 2.75) is 58.1 Å². The van der Waals surface area contributed by atoms with Gasteiger partial charge in [0.15, 0.2) is 0 Å². The molecular weight excluding hydrogens is 744 g/mol. The van der Waals surface area contributed by atoms with Crippen LogP contribution in [0.1, 0.15) is 46.5 Å². The number of carboxylic acids is 1. The van der Waals surface area contributed by atoms with E-state index in [1.54, 1.807) is 27.9 Å². The summed E-state index contributed by atoms with van der Waals surface area (Å²) in [5, 5.41) is 14.4. The number of aliphatic carboxylic acids is 1. The SMILES string of the molecule is COCCOCCOCCOCCOCCOCCOCCOCCOCCOCCOCCOCCC(=O)NCCCC[C@H](NC(=O)OC(C)(C)C)C(=O)O. The Hall–Kier alpha value is -2.27. The van der Waals surface area contributed by atoms with Crippen LogP contribution in [0.2, 0.25) is 0 Å². The van der Waals surface area contributed by atoms with E-state index in [1.807, 2.05) is 0 Å². The Kier molecular flexibility index (Phi) is 39.3. The highest BCUT2D eigenvalue weighted by atomic mass is 16.6. The van der Waals surface area contributed by atoms with Gasteiger partial charge in [-0.3, -0.25) is 4.79 Å². The first-order chi connectivity index (χ1) is 27.2. The summed E-state index contributed by atoms with van der Waals surface area (Å²) in [6, 6.07) is -1.06. The number of carboxylic acid groups (broad SMARTS) is 1. The van der Waals surface area contributed by atoms with Gasteiger partial charge in [0.2, 0.25) is 5.91 Å². The number of rotatable bonds is 43. The molecule has 19 heteroatoms. The molecule has 0 rings (SSSR count). The van der Waals surface area contributed by atoms with Gasteiger partial charge in [-0.2, -0.15) is 0 Å². The van der Waals surface area contributed by atoms with Crippen LogP contribution in [-0.4, -0.2) is 200 Å². The van der Waals surface area contributed by atoms with E-state index in [0.29, 0.717) is 165 Å². The molecule has 0 aromatic rings. The zero-order chi connectivity index (χ0) is 41.2. The van der Waals surface area contributed by atoms with Crippen LogP contribution in [-0.2, 0) is 71.2 Å². The van der Waals surface area contributed by atoms with Gasteiger partial charge in [-0.1, -0.05) is 0 Å². The molecule has 2 amide bonds. The highest BCUT2D eigenvalue weighted by Crippen LogP contribution is 2.08. The molecule has 1 atom stereocenters. The van der Waals surface area contributed by atoms with Crippen molar-refractivity contribution in [1.82, 2.24) is 10.6 Å². The second kappa shape index (κ2) is 40.9. The van der Waals surface area contributed by atoms with Gasteiger partial charge in [-0.25, -0.2) is 9.59 Å². The van der Waals surface area contributed by atoms with Crippen LogP contribution in [0.4, 0.5) is 4.79 Å². The smallest absolute Gasteiger partial charge is 0.408 e. The van der Waals surface area contributed by atoms with Crippen LogP contribution in [0, 0.1) is 0 Å². The fourth-order valence-electron chi connectivity index (χ4n) is 4.11. The van der Waals surface area contributed by atoms with Gasteiger partial charge in [-0.15, -0.1) is 0 Å². The molecule has 0 aliphatic heterocycles. The zero-order valence-electron chi connectivity index (χ0n) is 34.4. The first kappa shape index (κ1) is 53.7. The molecule has 0 heterocycles. The molecule has 0 spiro atoms. The van der Waals surface area contributed by atoms with E-state index in [1.165, 1.54) is 0 Å². The Bertz CT molecular complexity index is 898. The number of carbonyl (C=O) groups is 3. The number of nitrogens with one attached hydrogen (secondary N) is 2. The molecule has 0 bridgehead atoms. The number of ether oxygens (including phenoxy) is 13. The van der Waals surface area contributed by atoms with E-state index in [9.17, 15) is 19.5 Å². The third-order valence-electron chi connectivity index (χ3n) is 6.86. The normalized spacial score (nSPS) is 12.1. The van der Waals surface area contributed by atoms with Crippen molar-refractivity contribution in [3.8, 4) is 0 Å². The minimum absolute atomic E-state index is 0.159. The number of carbonyl (C=O) groups excluding carboxylic acids is 2. The summed E-state index contributed by atoms with van der Waals surface area (Å²) in [5.74, 6) is -1.30. The standard InChI is InChI=1S/C37H72N2O17/c1-37(2,3)56-36(43)39-33(35(41)42)7-5-6-9-38-34(40)8-10-45-13-14-47-17-18-49-21-22-51-25-26-53-29-30-55-32-31-54-28-27-52-24-23-50-20-19-48-16-15-46-12-11-44-4/h33H,5-32H2,1-4H3,(H,38,40)(H,39,43)(H,41,42)/t33-/m0/s1. The number of unbranched alkanes of at least 4 members (excludes halogenated alkanes) is 1. The van der Waals surface area contributed by atoms with E-state index < -0.39 is 23.7 Å². The van der Waals surface area contributed by atoms with Crippen molar-refractivity contribution >= 4 is 18.0 Å². The Labute approximate surface area is 333 Å². The second-order valence-electron chi connectivity index (χ2n) is 12.9. The number of amides is 2. The summed E-state index contributed by atoms with van der Waals surface area (Å²) < 4.78 is 69.8. The lowest BCUT2D eigenvalue weighted by Crippen LogP contribution is -2.43. The van der Waals surface area contributed by atoms with Gasteiger partial charge in [0.25, 0.3) is 0 Å². The first-order valence-corrected chi connectivity index (χ1v) is 19.5. The monoisotopic (exact) mass is 816 g/mol. The molecule has 0 fully saturated rings. The second-order valence-corrected chi connectivity index (χ2v) is 12.9. The van der Waals surface area contributed by atoms with E-state index in [2.05, 4.69) is 10.6 Å². The third kappa shape index (κ3) is 42.9. The molecule has 56 heavy (non-hydrogen) atoms. The average Bonchev–Trinajstić information content (AvgIpc) is 3.15. The maximum absolute atomic E-state index is 12.0. The number of alkyl carbamates (subject to hydrolysis) is 1. The minimum Gasteiger partial charge on any atom is -0.480 e. The summed E-state index contributed by atoms with van der Waals surface area (Å²) in [4.78, 5) is 35.2. The largest absolute Gasteiger partial charge is 0.480 e. The van der Waals surface area contributed by atoms with Crippen molar-refractivity contribution < 1.29 is 81.1 Å². The summed E-state index contributed by atoms with van der Waals surface area (Å²) in [7, 11) is 1.64. The van der Waals surface area contributed by atoms with E-state index in [-0.39, 0.29) is 25.4 Å². The van der Waals surface area contributed by atoms with Crippen molar-refractivity contribution in [1.29, 1.82) is 0 Å². The highest BCUT2D eigenvalue weighted by molar-refractivity contribution is 5.80. The van der Waals surface area contributed by atoms with E-state index in [4.69, 9.17) is 61.6 Å². The van der Waals surface area contributed by atoms with Gasteiger partial charge in [-0.05, 0) is 40.0 Å². The molecule has 0 aromatic carbocycles. The number of methoxy groups -OCH3 is 1. The van der Waals surface area contributed by atoms with Crippen molar-refractivity contribution in [2.75, 3.05) is 166 Å². The Balaban J connectivity index is 3.29. The van der Waals surface area contributed by atoms with Gasteiger partial charge in [0.1, 0.15) is 11.6 Å². The quantitative estimate of drug-likeness (QED) is 0.0743. The van der Waals surface area contributed by atoms with E-state index >= 15 is 0 Å². The lowest BCUT2D eigenvalue weighted by Gasteiger charge is -2.22. The number of hydrogen-bond acceptors (Lipinski definition) is 16. The highest BCUT2D eigenvalue weighted by Gasteiger charge is 2.23. The van der Waals surface area contributed by atoms with Crippen molar-refractivity contribution in [3.05, 3.63) is 0 Å². The van der Waals surface area contributed by atoms with Gasteiger partial charge >= 0.3 is 12.1 Å². The van der Waals surface area contributed by atoms with Gasteiger partial charge < -0.3 is 77.3 Å². The lowest BCUT2D eigenvalue weighted by atomic mass is 10.1. The number of hydrogen-bond donors (Lipinski definition) is 3. The van der Waals surface area contributed by atoms with Crippen LogP contribution in [0.3, 0.4) is 0 Å². The molecule has 0 unspecified atom stereocenters. The summed E-state index contributed by atoms with van der Waals surface area (Å²) in [6.07, 6.45) is 0.728. The summed E-state index contributed by atoms with van der Waals surface area (Å²) in [5.41, 5.74) is -0.719. The Morgan fingerprint density at radius 2 is 0.821 bits per heavy atom. The van der Waals surface area contributed by atoms with Crippen LogP contribution in [0.25, 0.3) is 0 Å². The van der Waals surface area contributed by atoms with Crippen molar-refractivity contribution in [3.63, 3.8) is 0 Å². The Morgan fingerprint density at radius 1 is 0.500 bits per heavy atom. The van der Waals surface area contributed by atoms with E-state index in [0.717, 1.165) is 0 Å². The summed E-state index contributed by atoms with van der Waals surface area (Å²) in [6.45, 7) is 16.3. The van der Waals surface area contributed by atoms with Crippen LogP contribution < -0.4 is 10.6 Å². The van der Waals surface area contributed by atoms with Gasteiger partial charge in [0, 0.05) is 20.1 Å².